The minimum Gasteiger partial charge on any atom is -0.337 e. The van der Waals surface area contributed by atoms with Crippen LogP contribution >= 0.6 is 0 Å². The number of nitrogens with zero attached hydrogens (tertiary/aromatic N) is 3. The standard InChI is InChI=1S/C19H25N3O2/c1-3-13-22-18(23)16-12-8-7-11-15(16)17(20-22)19(24)21(2)14-9-5-4-6-10-14/h7-8,11-12,14H,3-6,9-10,13H2,1-2H3. The Morgan fingerprint density at radius 1 is 1.21 bits per heavy atom. The number of hydrogen-bond donors (Lipinski definition) is 0. The molecule has 0 unspecified atom stereocenters. The highest BCUT2D eigenvalue weighted by molar-refractivity contribution is 6.04. The van der Waals surface area contributed by atoms with Crippen LogP contribution in [0, 0.1) is 0 Å². The van der Waals surface area contributed by atoms with Crippen LogP contribution in [0.25, 0.3) is 10.8 Å². The lowest BCUT2D eigenvalue weighted by Gasteiger charge is -2.31. The summed E-state index contributed by atoms with van der Waals surface area (Å²) in [5.74, 6) is -0.0806. The summed E-state index contributed by atoms with van der Waals surface area (Å²) in [7, 11) is 1.87. The molecule has 1 amide bonds. The topological polar surface area (TPSA) is 55.2 Å². The van der Waals surface area contributed by atoms with Crippen LogP contribution in [0.4, 0.5) is 0 Å². The number of aromatic nitrogens is 2. The van der Waals surface area contributed by atoms with E-state index in [1.807, 2.05) is 37.1 Å². The van der Waals surface area contributed by atoms with Crippen molar-refractivity contribution in [1.82, 2.24) is 14.7 Å². The minimum absolute atomic E-state index is 0.0806. The largest absolute Gasteiger partial charge is 0.337 e. The van der Waals surface area contributed by atoms with E-state index in [0.717, 1.165) is 19.3 Å². The molecule has 0 aliphatic heterocycles. The van der Waals surface area contributed by atoms with Crippen molar-refractivity contribution in [1.29, 1.82) is 0 Å². The lowest BCUT2D eigenvalue weighted by Crippen LogP contribution is -2.40. The maximum absolute atomic E-state index is 13.1. The molecule has 3 rings (SSSR count). The second-order valence-corrected chi connectivity index (χ2v) is 6.63. The number of carbonyl (C=O) groups is 1. The van der Waals surface area contributed by atoms with Gasteiger partial charge >= 0.3 is 0 Å². The van der Waals surface area contributed by atoms with E-state index in [0.29, 0.717) is 23.0 Å². The number of rotatable bonds is 4. The Hall–Kier alpha value is -2.17. The molecule has 1 fully saturated rings. The van der Waals surface area contributed by atoms with E-state index in [9.17, 15) is 9.59 Å². The lowest BCUT2D eigenvalue weighted by atomic mass is 9.94. The molecule has 1 aromatic carbocycles. The Labute approximate surface area is 142 Å². The first-order valence-electron chi connectivity index (χ1n) is 8.90. The molecule has 5 nitrogen and oxygen atoms in total. The van der Waals surface area contributed by atoms with Crippen molar-refractivity contribution in [3.8, 4) is 0 Å². The van der Waals surface area contributed by atoms with Crippen molar-refractivity contribution in [2.24, 2.45) is 0 Å². The highest BCUT2D eigenvalue weighted by Crippen LogP contribution is 2.24. The lowest BCUT2D eigenvalue weighted by molar-refractivity contribution is 0.0689. The molecule has 2 aromatic rings. The van der Waals surface area contributed by atoms with Crippen LogP contribution in [0.3, 0.4) is 0 Å². The van der Waals surface area contributed by atoms with Crippen molar-refractivity contribution in [2.45, 2.75) is 58.0 Å². The van der Waals surface area contributed by atoms with Crippen molar-refractivity contribution in [2.75, 3.05) is 7.05 Å². The smallest absolute Gasteiger partial charge is 0.274 e. The predicted octanol–water partition coefficient (Wildman–Crippen LogP) is 3.21. The van der Waals surface area contributed by atoms with E-state index in [1.165, 1.54) is 23.9 Å². The van der Waals surface area contributed by atoms with Gasteiger partial charge in [0, 0.05) is 25.0 Å². The summed E-state index contributed by atoms with van der Waals surface area (Å²) in [5.41, 5.74) is 0.274. The Morgan fingerprint density at radius 3 is 2.54 bits per heavy atom. The first-order valence-corrected chi connectivity index (χ1v) is 8.90. The Morgan fingerprint density at radius 2 is 1.88 bits per heavy atom. The van der Waals surface area contributed by atoms with E-state index >= 15 is 0 Å². The summed E-state index contributed by atoms with van der Waals surface area (Å²) in [6, 6.07) is 7.56. The van der Waals surface area contributed by atoms with Gasteiger partial charge in [0.2, 0.25) is 0 Å². The molecule has 0 saturated heterocycles. The first kappa shape index (κ1) is 16.7. The third-order valence-corrected chi connectivity index (χ3v) is 4.95. The fourth-order valence-electron chi connectivity index (χ4n) is 3.56. The maximum Gasteiger partial charge on any atom is 0.274 e. The van der Waals surface area contributed by atoms with Gasteiger partial charge in [-0.25, -0.2) is 4.68 Å². The molecule has 1 heterocycles. The summed E-state index contributed by atoms with van der Waals surface area (Å²) in [6.07, 6.45) is 6.50. The Bertz CT molecular complexity index is 791. The zero-order chi connectivity index (χ0) is 17.1. The molecule has 0 bridgehead atoms. The molecular weight excluding hydrogens is 302 g/mol. The number of aryl methyl sites for hydroxylation is 1. The van der Waals surface area contributed by atoms with E-state index < -0.39 is 0 Å². The van der Waals surface area contributed by atoms with Gasteiger partial charge < -0.3 is 4.90 Å². The fraction of sp³-hybridized carbons (Fsp3) is 0.526. The van der Waals surface area contributed by atoms with E-state index in [4.69, 9.17) is 0 Å². The highest BCUT2D eigenvalue weighted by atomic mass is 16.2. The van der Waals surface area contributed by atoms with Crippen molar-refractivity contribution in [3.63, 3.8) is 0 Å². The SMILES string of the molecule is CCCn1nc(C(=O)N(C)C2CCCCC2)c2ccccc2c1=O. The number of benzene rings is 1. The normalized spacial score (nSPS) is 15.6. The zero-order valence-electron chi connectivity index (χ0n) is 14.5. The number of fused-ring (bicyclic) bond motifs is 1. The Kier molecular flexibility index (Phi) is 4.97. The van der Waals surface area contributed by atoms with Gasteiger partial charge in [-0.1, -0.05) is 44.4 Å². The Balaban J connectivity index is 2.05. The van der Waals surface area contributed by atoms with Crippen LogP contribution in [-0.4, -0.2) is 33.7 Å². The quantitative estimate of drug-likeness (QED) is 0.866. The van der Waals surface area contributed by atoms with E-state index in [1.54, 1.807) is 6.07 Å². The average molecular weight is 327 g/mol. The third kappa shape index (κ3) is 3.07. The molecule has 0 atom stereocenters. The van der Waals surface area contributed by atoms with Gasteiger partial charge in [-0.05, 0) is 25.3 Å². The van der Waals surface area contributed by atoms with Gasteiger partial charge in [0.15, 0.2) is 5.69 Å². The van der Waals surface area contributed by atoms with Gasteiger partial charge in [0.1, 0.15) is 0 Å². The van der Waals surface area contributed by atoms with E-state index in [-0.39, 0.29) is 17.5 Å². The molecule has 24 heavy (non-hydrogen) atoms. The zero-order valence-corrected chi connectivity index (χ0v) is 14.5. The molecule has 0 spiro atoms. The van der Waals surface area contributed by atoms with Crippen molar-refractivity contribution < 1.29 is 4.79 Å². The summed E-state index contributed by atoms with van der Waals surface area (Å²) in [6.45, 7) is 2.52. The third-order valence-electron chi connectivity index (χ3n) is 4.95. The molecule has 5 heteroatoms. The van der Waals surface area contributed by atoms with Crippen LogP contribution in [0.5, 0.6) is 0 Å². The molecule has 1 aliphatic carbocycles. The highest BCUT2D eigenvalue weighted by Gasteiger charge is 2.26. The number of amides is 1. The van der Waals surface area contributed by atoms with Crippen LogP contribution in [0.15, 0.2) is 29.1 Å². The predicted molar refractivity (Wildman–Crippen MR) is 95.3 cm³/mol. The summed E-state index contributed by atoms with van der Waals surface area (Å²) in [5, 5.41) is 5.64. The number of carbonyl (C=O) groups excluding carboxylic acids is 1. The minimum atomic E-state index is -0.121. The summed E-state index contributed by atoms with van der Waals surface area (Å²) < 4.78 is 1.43. The average Bonchev–Trinajstić information content (AvgIpc) is 2.64. The summed E-state index contributed by atoms with van der Waals surface area (Å²) >= 11 is 0. The second-order valence-electron chi connectivity index (χ2n) is 6.63. The molecule has 1 aromatic heterocycles. The van der Waals surface area contributed by atoms with Gasteiger partial charge in [-0.15, -0.1) is 0 Å². The molecule has 0 radical (unpaired) electrons. The molecule has 1 saturated carbocycles. The summed E-state index contributed by atoms with van der Waals surface area (Å²) in [4.78, 5) is 27.4. The molecular formula is C19H25N3O2. The van der Waals surface area contributed by atoms with Crippen molar-refractivity contribution >= 4 is 16.7 Å². The van der Waals surface area contributed by atoms with Crippen molar-refractivity contribution in [3.05, 3.63) is 40.3 Å². The van der Waals surface area contributed by atoms with Gasteiger partial charge in [-0.3, -0.25) is 9.59 Å². The first-order chi connectivity index (χ1) is 11.6. The van der Waals surface area contributed by atoms with E-state index in [2.05, 4.69) is 5.10 Å². The molecule has 1 aliphatic rings. The monoisotopic (exact) mass is 327 g/mol. The van der Waals surface area contributed by atoms with Crippen LogP contribution < -0.4 is 5.56 Å². The number of hydrogen-bond acceptors (Lipinski definition) is 3. The van der Waals surface area contributed by atoms with Gasteiger partial charge in [-0.2, -0.15) is 5.10 Å². The van der Waals surface area contributed by atoms with Gasteiger partial charge in [0.25, 0.3) is 11.5 Å². The maximum atomic E-state index is 13.1. The fourth-order valence-corrected chi connectivity index (χ4v) is 3.56. The molecule has 0 N–H and O–H groups in total. The molecule has 128 valence electrons. The van der Waals surface area contributed by atoms with Gasteiger partial charge in [0.05, 0.1) is 5.39 Å². The van der Waals surface area contributed by atoms with Crippen LogP contribution in [-0.2, 0) is 6.54 Å². The van der Waals surface area contributed by atoms with Crippen LogP contribution in [0.1, 0.15) is 55.9 Å². The van der Waals surface area contributed by atoms with Crippen LogP contribution in [0.2, 0.25) is 0 Å². The second kappa shape index (κ2) is 7.16.